The van der Waals surface area contributed by atoms with Crippen molar-refractivity contribution in [2.45, 2.75) is 51.4 Å². The summed E-state index contributed by atoms with van der Waals surface area (Å²) in [7, 11) is 0. The van der Waals surface area contributed by atoms with Crippen LogP contribution in [0.4, 0.5) is 0 Å². The summed E-state index contributed by atoms with van der Waals surface area (Å²) in [4.78, 5) is 18.8. The smallest absolute Gasteiger partial charge is 0.219 e. The summed E-state index contributed by atoms with van der Waals surface area (Å²) >= 11 is 3.33. The zero-order valence-corrected chi connectivity index (χ0v) is 19.9. The number of hydrogen-bond acceptors (Lipinski definition) is 7. The fraction of sp³-hybridized carbons (Fsp3) is 0.478. The van der Waals surface area contributed by atoms with Crippen molar-refractivity contribution in [3.05, 3.63) is 45.9 Å². The van der Waals surface area contributed by atoms with Crippen LogP contribution >= 0.6 is 22.7 Å². The number of para-hydroxylation sites is 1. The van der Waals surface area contributed by atoms with Crippen LogP contribution in [0.5, 0.6) is 0 Å². The van der Waals surface area contributed by atoms with E-state index in [0.717, 1.165) is 34.1 Å². The molecule has 3 unspecified atom stereocenters. The number of aliphatic hydroxyl groups excluding tert-OH is 1. The second kappa shape index (κ2) is 9.35. The van der Waals surface area contributed by atoms with E-state index in [9.17, 15) is 5.11 Å². The Morgan fingerprint density at radius 1 is 1.28 bits per heavy atom. The van der Waals surface area contributed by atoms with Gasteiger partial charge in [0, 0.05) is 29.9 Å². The highest BCUT2D eigenvalue weighted by Gasteiger charge is 2.38. The van der Waals surface area contributed by atoms with Crippen LogP contribution in [0, 0.1) is 11.8 Å². The molecule has 0 saturated heterocycles. The number of fused-ring (bicyclic) bond motifs is 1. The molecule has 9 heteroatoms. The van der Waals surface area contributed by atoms with Crippen LogP contribution in [0.3, 0.4) is 0 Å². The first-order chi connectivity index (χ1) is 15.6. The number of guanidine groups is 1. The van der Waals surface area contributed by atoms with E-state index >= 15 is 0 Å². The minimum Gasteiger partial charge on any atom is -0.396 e. The maximum atomic E-state index is 9.67. The molecule has 2 aliphatic rings. The molecule has 1 aliphatic carbocycles. The van der Waals surface area contributed by atoms with Crippen molar-refractivity contribution < 1.29 is 5.11 Å². The van der Waals surface area contributed by atoms with Gasteiger partial charge in [0.1, 0.15) is 10.0 Å². The van der Waals surface area contributed by atoms with Gasteiger partial charge in [0.15, 0.2) is 0 Å². The summed E-state index contributed by atoms with van der Waals surface area (Å²) < 4.78 is 1.19. The molecule has 5 rings (SSSR count). The summed E-state index contributed by atoms with van der Waals surface area (Å²) in [5, 5.41) is 21.1. The Labute approximate surface area is 195 Å². The zero-order valence-electron chi connectivity index (χ0n) is 18.2. The predicted octanol–water partition coefficient (Wildman–Crippen LogP) is 3.78. The van der Waals surface area contributed by atoms with Gasteiger partial charge >= 0.3 is 0 Å². The van der Waals surface area contributed by atoms with Crippen molar-refractivity contribution in [3.63, 3.8) is 0 Å². The number of thiazole rings is 2. The standard InChI is InChI=1S/C23H28N6OS2/c1-13-9-15(12-30)10-17(13)27-21-20(22-28-16-5-3-4-6-18(16)32-22)14(2)26-23(29-21)25-11-19-24-7-8-31-19/h3-8,13,15,17,20-21,27,30H,9-12H2,1-2H3,(H,25,29)/t13-,15-,17?,20?,21?/m1/s1. The van der Waals surface area contributed by atoms with E-state index in [1.165, 1.54) is 4.70 Å². The summed E-state index contributed by atoms with van der Waals surface area (Å²) in [6.07, 6.45) is 3.76. The fourth-order valence-corrected chi connectivity index (χ4v) is 6.47. The largest absolute Gasteiger partial charge is 0.396 e. The van der Waals surface area contributed by atoms with E-state index in [2.05, 4.69) is 47.7 Å². The normalized spacial score (nSPS) is 29.4. The van der Waals surface area contributed by atoms with Crippen molar-refractivity contribution in [1.29, 1.82) is 0 Å². The molecule has 1 aromatic carbocycles. The van der Waals surface area contributed by atoms with E-state index in [1.54, 1.807) is 28.9 Å². The van der Waals surface area contributed by atoms with E-state index < -0.39 is 0 Å². The zero-order chi connectivity index (χ0) is 22.1. The highest BCUT2D eigenvalue weighted by molar-refractivity contribution is 7.18. The maximum Gasteiger partial charge on any atom is 0.219 e. The number of aliphatic imine (C=N–C) groups is 2. The van der Waals surface area contributed by atoms with Crippen LogP contribution in [0.2, 0.25) is 0 Å². The van der Waals surface area contributed by atoms with E-state index in [0.29, 0.717) is 30.4 Å². The van der Waals surface area contributed by atoms with Crippen molar-refractivity contribution in [2.75, 3.05) is 6.61 Å². The quantitative estimate of drug-likeness (QED) is 0.512. The van der Waals surface area contributed by atoms with Crippen molar-refractivity contribution in [2.24, 2.45) is 21.8 Å². The van der Waals surface area contributed by atoms with Gasteiger partial charge in [0.2, 0.25) is 5.96 Å². The highest BCUT2D eigenvalue weighted by atomic mass is 32.1. The Morgan fingerprint density at radius 2 is 2.16 bits per heavy atom. The van der Waals surface area contributed by atoms with E-state index in [1.807, 2.05) is 11.4 Å². The van der Waals surface area contributed by atoms with Crippen molar-refractivity contribution >= 4 is 44.6 Å². The second-order valence-corrected chi connectivity index (χ2v) is 10.8. The average Bonchev–Trinajstić information content (AvgIpc) is 3.52. The minimum absolute atomic E-state index is 0.0200. The van der Waals surface area contributed by atoms with Gasteiger partial charge in [-0.2, -0.15) is 0 Å². The maximum absolute atomic E-state index is 9.67. The van der Waals surface area contributed by atoms with Gasteiger partial charge in [-0.3, -0.25) is 5.32 Å². The molecule has 3 heterocycles. The molecule has 7 nitrogen and oxygen atoms in total. The number of hydrogen-bond donors (Lipinski definition) is 3. The first kappa shape index (κ1) is 21.6. The van der Waals surface area contributed by atoms with Crippen LogP contribution in [-0.4, -0.2) is 45.6 Å². The third kappa shape index (κ3) is 4.47. The predicted molar refractivity (Wildman–Crippen MR) is 132 cm³/mol. The lowest BCUT2D eigenvalue weighted by Gasteiger charge is -2.35. The Morgan fingerprint density at radius 3 is 2.91 bits per heavy atom. The topological polar surface area (TPSA) is 94.8 Å². The van der Waals surface area contributed by atoms with Crippen LogP contribution in [-0.2, 0) is 6.54 Å². The molecule has 1 fully saturated rings. The lowest BCUT2D eigenvalue weighted by Crippen LogP contribution is -2.57. The van der Waals surface area contributed by atoms with Gasteiger partial charge in [0.05, 0.1) is 28.8 Å². The Kier molecular flexibility index (Phi) is 6.32. The molecule has 32 heavy (non-hydrogen) atoms. The number of aliphatic hydroxyl groups is 1. The van der Waals surface area contributed by atoms with E-state index in [-0.39, 0.29) is 18.7 Å². The minimum atomic E-state index is -0.0620. The molecule has 5 atom stereocenters. The van der Waals surface area contributed by atoms with Crippen LogP contribution in [0.1, 0.15) is 42.6 Å². The Bertz CT molecular complexity index is 1090. The molecular formula is C23H28N6OS2. The molecule has 2 aromatic heterocycles. The monoisotopic (exact) mass is 468 g/mol. The van der Waals surface area contributed by atoms with Crippen molar-refractivity contribution in [1.82, 2.24) is 20.6 Å². The first-order valence-electron chi connectivity index (χ1n) is 11.1. The first-order valence-corrected chi connectivity index (χ1v) is 12.8. The second-order valence-electron chi connectivity index (χ2n) is 8.71. The fourth-order valence-electron chi connectivity index (χ4n) is 4.76. The molecular weight excluding hydrogens is 440 g/mol. The van der Waals surface area contributed by atoms with E-state index in [4.69, 9.17) is 15.0 Å². The summed E-state index contributed by atoms with van der Waals surface area (Å²) in [5.74, 6) is 1.52. The number of nitrogens with zero attached hydrogens (tertiary/aromatic N) is 4. The number of benzene rings is 1. The van der Waals surface area contributed by atoms with Crippen LogP contribution in [0.15, 0.2) is 45.8 Å². The molecule has 3 N–H and O–H groups in total. The summed E-state index contributed by atoms with van der Waals surface area (Å²) in [6, 6.07) is 8.59. The molecule has 0 spiro atoms. The number of aromatic nitrogens is 2. The average molecular weight is 469 g/mol. The van der Waals surface area contributed by atoms with Gasteiger partial charge in [-0.15, -0.1) is 22.7 Å². The van der Waals surface area contributed by atoms with Gasteiger partial charge in [0.25, 0.3) is 0 Å². The Balaban J connectivity index is 1.45. The SMILES string of the molecule is CC1=NC(=NCc2nccs2)NC(NC2C[C@H](CO)C[C@H]2C)C1c1nc2ccccc2s1. The highest BCUT2D eigenvalue weighted by Crippen LogP contribution is 2.35. The molecule has 3 aromatic rings. The molecule has 0 radical (unpaired) electrons. The van der Waals surface area contributed by atoms with Gasteiger partial charge in [-0.05, 0) is 43.7 Å². The van der Waals surface area contributed by atoms with Gasteiger partial charge in [-0.1, -0.05) is 19.1 Å². The van der Waals surface area contributed by atoms with Gasteiger partial charge < -0.3 is 10.4 Å². The summed E-state index contributed by atoms with van der Waals surface area (Å²) in [6.45, 7) is 5.10. The van der Waals surface area contributed by atoms with Crippen LogP contribution in [0.25, 0.3) is 10.2 Å². The summed E-state index contributed by atoms with van der Waals surface area (Å²) in [5.41, 5.74) is 2.03. The number of rotatable bonds is 6. The molecule has 1 saturated carbocycles. The molecule has 0 amide bonds. The third-order valence-corrected chi connectivity index (χ3v) is 8.29. The number of nitrogens with one attached hydrogen (secondary N) is 2. The molecule has 0 bridgehead atoms. The third-order valence-electron chi connectivity index (χ3n) is 6.41. The lowest BCUT2D eigenvalue weighted by molar-refractivity contribution is 0.225. The lowest BCUT2D eigenvalue weighted by atomic mass is 9.97. The van der Waals surface area contributed by atoms with Crippen LogP contribution < -0.4 is 10.6 Å². The van der Waals surface area contributed by atoms with Crippen molar-refractivity contribution in [3.8, 4) is 0 Å². The van der Waals surface area contributed by atoms with Gasteiger partial charge in [-0.25, -0.2) is 20.0 Å². The molecule has 1 aliphatic heterocycles. The molecule has 168 valence electrons. The Hall–Kier alpha value is -2.20.